The molecule has 5 heteroatoms. The maximum absolute atomic E-state index is 10.4. The minimum Gasteiger partial charge on any atom is -0.481 e. The second-order valence-electron chi connectivity index (χ2n) is 3.52. The Bertz CT molecular complexity index is 182. The van der Waals surface area contributed by atoms with Gasteiger partial charge in [-0.2, -0.15) is 0 Å². The molecular weight excluding hydrogens is 204 g/mol. The van der Waals surface area contributed by atoms with Gasteiger partial charge in [0, 0.05) is 45.1 Å². The molecule has 0 bridgehead atoms. The Morgan fingerprint density at radius 1 is 1.14 bits per heavy atom. The molecule has 82 valence electrons. The number of carboxylic acids is 1. The molecule has 0 unspecified atom stereocenters. The first-order valence-corrected chi connectivity index (χ1v) is 5.48. The molecule has 0 saturated carbocycles. The van der Waals surface area contributed by atoms with Gasteiger partial charge >= 0.3 is 5.97 Å². The Morgan fingerprint density at radius 3 is 2.07 bits per heavy atom. The molecule has 0 atom stereocenters. The zero-order valence-corrected chi connectivity index (χ0v) is 9.04. The van der Waals surface area contributed by atoms with Crippen molar-refractivity contribution in [2.75, 3.05) is 45.1 Å². The third-order valence-corrected chi connectivity index (χ3v) is 2.68. The number of aliphatic carboxylic acids is 1. The minimum atomic E-state index is -0.715. The highest BCUT2D eigenvalue weighted by Crippen LogP contribution is 2.02. The predicted molar refractivity (Wildman–Crippen MR) is 55.9 cm³/mol. The van der Waals surface area contributed by atoms with E-state index in [0.29, 0.717) is 12.4 Å². The third kappa shape index (κ3) is 4.26. The third-order valence-electron chi connectivity index (χ3n) is 2.51. The average molecular weight is 221 g/mol. The van der Waals surface area contributed by atoms with Gasteiger partial charge in [0.15, 0.2) is 0 Å². The van der Waals surface area contributed by atoms with Crippen LogP contribution in [0.25, 0.3) is 0 Å². The molecule has 14 heavy (non-hydrogen) atoms. The fourth-order valence-corrected chi connectivity index (χ4v) is 1.85. The topological polar surface area (TPSA) is 43.8 Å². The summed E-state index contributed by atoms with van der Waals surface area (Å²) in [6.07, 6.45) is 0.246. The van der Waals surface area contributed by atoms with E-state index in [-0.39, 0.29) is 6.42 Å². The van der Waals surface area contributed by atoms with Gasteiger partial charge in [-0.3, -0.25) is 9.69 Å². The van der Waals surface area contributed by atoms with E-state index in [1.165, 1.54) is 0 Å². The Labute approximate surface area is 89.4 Å². The van der Waals surface area contributed by atoms with Gasteiger partial charge in [0.05, 0.1) is 6.42 Å². The van der Waals surface area contributed by atoms with Gasteiger partial charge in [0.25, 0.3) is 0 Å². The van der Waals surface area contributed by atoms with Crippen LogP contribution in [0.5, 0.6) is 0 Å². The summed E-state index contributed by atoms with van der Waals surface area (Å²) in [6.45, 7) is 5.55. The Hall–Kier alpha value is -0.320. The predicted octanol–water partition coefficient (Wildman–Crippen LogP) is 0.318. The van der Waals surface area contributed by atoms with Crippen molar-refractivity contribution in [1.29, 1.82) is 0 Å². The van der Waals surface area contributed by atoms with E-state index in [1.807, 2.05) is 0 Å². The molecular formula is C9H17ClN2O2. The van der Waals surface area contributed by atoms with Crippen molar-refractivity contribution in [2.24, 2.45) is 0 Å². The van der Waals surface area contributed by atoms with Crippen molar-refractivity contribution in [3.63, 3.8) is 0 Å². The highest BCUT2D eigenvalue weighted by Gasteiger charge is 2.16. The fraction of sp³-hybridized carbons (Fsp3) is 0.889. The molecule has 4 nitrogen and oxygen atoms in total. The molecule has 1 fully saturated rings. The first-order chi connectivity index (χ1) is 6.72. The number of carboxylic acid groups (broad SMARTS) is 1. The molecule has 1 aliphatic heterocycles. The molecule has 0 spiro atoms. The zero-order valence-electron chi connectivity index (χ0n) is 8.28. The van der Waals surface area contributed by atoms with Crippen LogP contribution in [0.1, 0.15) is 6.42 Å². The van der Waals surface area contributed by atoms with Crippen LogP contribution in [-0.4, -0.2) is 66.0 Å². The standard InChI is InChI=1S/C9H17ClN2O2/c10-2-4-12-7-5-11(6-8-12)3-1-9(13)14/h1-8H2,(H,13,14). The summed E-state index contributed by atoms with van der Waals surface area (Å²) in [6, 6.07) is 0. The number of piperazine rings is 1. The first kappa shape index (κ1) is 11.8. The number of nitrogens with zero attached hydrogens (tertiary/aromatic N) is 2. The van der Waals surface area contributed by atoms with E-state index in [1.54, 1.807) is 0 Å². The number of alkyl halides is 1. The van der Waals surface area contributed by atoms with Crippen LogP contribution in [0.4, 0.5) is 0 Å². The van der Waals surface area contributed by atoms with E-state index >= 15 is 0 Å². The summed E-state index contributed by atoms with van der Waals surface area (Å²) in [4.78, 5) is 14.9. The lowest BCUT2D eigenvalue weighted by Gasteiger charge is -2.33. The number of carbonyl (C=O) groups is 1. The summed E-state index contributed by atoms with van der Waals surface area (Å²) >= 11 is 5.64. The summed E-state index contributed by atoms with van der Waals surface area (Å²) in [5.74, 6) is -0.0389. The van der Waals surface area contributed by atoms with Crippen molar-refractivity contribution in [1.82, 2.24) is 9.80 Å². The Balaban J connectivity index is 2.12. The van der Waals surface area contributed by atoms with Crippen LogP contribution >= 0.6 is 11.6 Å². The molecule has 0 radical (unpaired) electrons. The van der Waals surface area contributed by atoms with Crippen molar-refractivity contribution in [3.05, 3.63) is 0 Å². The quantitative estimate of drug-likeness (QED) is 0.678. The highest BCUT2D eigenvalue weighted by molar-refractivity contribution is 6.18. The van der Waals surface area contributed by atoms with Gasteiger partial charge in [0.1, 0.15) is 0 Å². The molecule has 1 aliphatic rings. The van der Waals surface area contributed by atoms with Crippen LogP contribution in [-0.2, 0) is 4.79 Å². The minimum absolute atomic E-state index is 0.246. The van der Waals surface area contributed by atoms with E-state index in [2.05, 4.69) is 9.80 Å². The molecule has 1 rings (SSSR count). The summed E-state index contributed by atoms with van der Waals surface area (Å²) < 4.78 is 0. The maximum atomic E-state index is 10.4. The van der Waals surface area contributed by atoms with Gasteiger partial charge in [-0.1, -0.05) is 0 Å². The van der Waals surface area contributed by atoms with Gasteiger partial charge in [-0.05, 0) is 0 Å². The molecule has 0 aromatic heterocycles. The Kier molecular flexibility index (Phi) is 5.22. The lowest BCUT2D eigenvalue weighted by molar-refractivity contribution is -0.137. The first-order valence-electron chi connectivity index (χ1n) is 4.95. The molecule has 1 N–H and O–H groups in total. The van der Waals surface area contributed by atoms with Gasteiger partial charge in [-0.15, -0.1) is 11.6 Å². The summed E-state index contributed by atoms with van der Waals surface area (Å²) in [5, 5.41) is 8.53. The smallest absolute Gasteiger partial charge is 0.304 e. The van der Waals surface area contributed by atoms with E-state index in [4.69, 9.17) is 16.7 Å². The van der Waals surface area contributed by atoms with Crippen molar-refractivity contribution in [3.8, 4) is 0 Å². The number of halogens is 1. The van der Waals surface area contributed by atoms with Gasteiger partial charge in [0.2, 0.25) is 0 Å². The van der Waals surface area contributed by atoms with Crippen LogP contribution < -0.4 is 0 Å². The fourth-order valence-electron chi connectivity index (χ4n) is 1.61. The largest absolute Gasteiger partial charge is 0.481 e. The van der Waals surface area contributed by atoms with Gasteiger partial charge in [-0.25, -0.2) is 0 Å². The average Bonchev–Trinajstić information content (AvgIpc) is 2.17. The van der Waals surface area contributed by atoms with E-state index < -0.39 is 5.97 Å². The van der Waals surface area contributed by atoms with Crippen molar-refractivity contribution in [2.45, 2.75) is 6.42 Å². The van der Waals surface area contributed by atoms with E-state index in [0.717, 1.165) is 32.7 Å². The lowest BCUT2D eigenvalue weighted by Crippen LogP contribution is -2.47. The molecule has 1 saturated heterocycles. The zero-order chi connectivity index (χ0) is 10.4. The number of rotatable bonds is 5. The monoisotopic (exact) mass is 220 g/mol. The SMILES string of the molecule is O=C(O)CCN1CCN(CCCl)CC1. The second kappa shape index (κ2) is 6.22. The molecule has 0 amide bonds. The van der Waals surface area contributed by atoms with Crippen LogP contribution in [0.15, 0.2) is 0 Å². The molecule has 0 aliphatic carbocycles. The Morgan fingerprint density at radius 2 is 1.64 bits per heavy atom. The van der Waals surface area contributed by atoms with Crippen LogP contribution in [0.3, 0.4) is 0 Å². The number of hydrogen-bond donors (Lipinski definition) is 1. The molecule has 0 aromatic rings. The molecule has 0 aromatic carbocycles. The summed E-state index contributed by atoms with van der Waals surface area (Å²) in [5.41, 5.74) is 0. The van der Waals surface area contributed by atoms with Crippen LogP contribution in [0.2, 0.25) is 0 Å². The molecule has 1 heterocycles. The summed E-state index contributed by atoms with van der Waals surface area (Å²) in [7, 11) is 0. The van der Waals surface area contributed by atoms with Crippen LogP contribution in [0, 0.1) is 0 Å². The number of hydrogen-bond acceptors (Lipinski definition) is 3. The highest BCUT2D eigenvalue weighted by atomic mass is 35.5. The van der Waals surface area contributed by atoms with Crippen molar-refractivity contribution < 1.29 is 9.90 Å². The van der Waals surface area contributed by atoms with E-state index in [9.17, 15) is 4.79 Å². The van der Waals surface area contributed by atoms with Gasteiger partial charge < -0.3 is 10.0 Å². The normalized spacial score (nSPS) is 19.8. The van der Waals surface area contributed by atoms with Crippen molar-refractivity contribution >= 4 is 17.6 Å². The lowest BCUT2D eigenvalue weighted by atomic mass is 10.3. The second-order valence-corrected chi connectivity index (χ2v) is 3.89. The maximum Gasteiger partial charge on any atom is 0.304 e.